The first-order chi connectivity index (χ1) is 8.02. The van der Waals surface area contributed by atoms with E-state index in [0.717, 1.165) is 19.3 Å². The van der Waals surface area contributed by atoms with E-state index in [9.17, 15) is 5.11 Å². The molecule has 0 aromatic heterocycles. The molecule has 0 bridgehead atoms. The fourth-order valence-electron chi connectivity index (χ4n) is 2.09. The summed E-state index contributed by atoms with van der Waals surface area (Å²) in [5.41, 5.74) is 6.58. The van der Waals surface area contributed by atoms with E-state index in [4.69, 9.17) is 40.5 Å². The molecule has 0 aliphatic heterocycles. The molecule has 2 rings (SSSR count). The van der Waals surface area contributed by atoms with Crippen LogP contribution in [0, 0.1) is 5.92 Å². The molecule has 3 N–H and O–H groups in total. The Kier molecular flexibility index (Phi) is 6.04. The second kappa shape index (κ2) is 6.65. The monoisotopic (exact) mass is 329 g/mol. The maximum absolute atomic E-state index is 10.1. The average Bonchev–Trinajstić information content (AvgIpc) is 2.21. The number of nitrogens with two attached hydrogens (primary N) is 1. The van der Waals surface area contributed by atoms with Gasteiger partial charge in [0.1, 0.15) is 0 Å². The van der Waals surface area contributed by atoms with E-state index in [1.54, 1.807) is 12.1 Å². The van der Waals surface area contributed by atoms with Crippen molar-refractivity contribution in [1.29, 1.82) is 0 Å². The number of aliphatic hydroxyl groups is 1. The second-order valence-corrected chi connectivity index (χ2v) is 5.66. The topological polar surface area (TPSA) is 46.2 Å². The lowest BCUT2D eigenvalue weighted by Gasteiger charge is -2.34. The molecule has 0 saturated heterocycles. The normalized spacial score (nSPS) is 18.7. The zero-order chi connectivity index (χ0) is 12.6. The van der Waals surface area contributed by atoms with Gasteiger partial charge in [0.15, 0.2) is 0 Å². The summed E-state index contributed by atoms with van der Waals surface area (Å²) in [5.74, 6) is 0.246. The maximum atomic E-state index is 10.1. The Morgan fingerprint density at radius 3 is 2.22 bits per heavy atom. The predicted molar refractivity (Wildman–Crippen MR) is 79.0 cm³/mol. The van der Waals surface area contributed by atoms with Crippen LogP contribution in [0.4, 0.5) is 0 Å². The highest BCUT2D eigenvalue weighted by Gasteiger charge is 2.32. The Bertz CT molecular complexity index is 423. The highest BCUT2D eigenvalue weighted by atomic mass is 35.5. The second-order valence-electron chi connectivity index (χ2n) is 4.46. The molecule has 0 spiro atoms. The van der Waals surface area contributed by atoms with Gasteiger partial charge in [0.2, 0.25) is 0 Å². The van der Waals surface area contributed by atoms with Crippen LogP contribution in [0.25, 0.3) is 0 Å². The third kappa shape index (κ3) is 3.06. The zero-order valence-corrected chi connectivity index (χ0v) is 12.7. The third-order valence-electron chi connectivity index (χ3n) is 3.41. The van der Waals surface area contributed by atoms with Gasteiger partial charge in [-0.3, -0.25) is 0 Å². The smallest absolute Gasteiger partial charge is 0.0761 e. The summed E-state index contributed by atoms with van der Waals surface area (Å²) in [4.78, 5) is 0. The van der Waals surface area contributed by atoms with Crippen molar-refractivity contribution < 1.29 is 5.11 Å². The highest BCUT2D eigenvalue weighted by molar-refractivity contribution is 6.44. The van der Waals surface area contributed by atoms with E-state index in [0.29, 0.717) is 20.6 Å². The molecular weight excluding hydrogens is 316 g/mol. The van der Waals surface area contributed by atoms with Crippen molar-refractivity contribution in [3.63, 3.8) is 0 Å². The molecule has 1 aliphatic rings. The number of rotatable bonds is 3. The largest absolute Gasteiger partial charge is 0.391 e. The first-order valence-corrected chi connectivity index (χ1v) is 6.72. The van der Waals surface area contributed by atoms with Crippen molar-refractivity contribution in [3.8, 4) is 0 Å². The average molecular weight is 331 g/mol. The van der Waals surface area contributed by atoms with E-state index in [2.05, 4.69) is 0 Å². The lowest BCUT2D eigenvalue weighted by atomic mass is 9.77. The third-order valence-corrected chi connectivity index (χ3v) is 4.56. The van der Waals surface area contributed by atoms with Crippen molar-refractivity contribution >= 4 is 47.2 Å². The minimum Gasteiger partial charge on any atom is -0.391 e. The fourth-order valence-corrected chi connectivity index (χ4v) is 2.88. The summed E-state index contributed by atoms with van der Waals surface area (Å²) >= 11 is 18.1. The summed E-state index contributed by atoms with van der Waals surface area (Å²) in [7, 11) is 0. The van der Waals surface area contributed by atoms with Gasteiger partial charge >= 0.3 is 0 Å². The van der Waals surface area contributed by atoms with E-state index in [1.807, 2.05) is 0 Å². The van der Waals surface area contributed by atoms with Crippen molar-refractivity contribution in [2.24, 2.45) is 11.7 Å². The molecule has 2 nitrogen and oxygen atoms in total. The molecule has 0 unspecified atom stereocenters. The van der Waals surface area contributed by atoms with Crippen LogP contribution in [0.3, 0.4) is 0 Å². The lowest BCUT2D eigenvalue weighted by molar-refractivity contribution is 0.0414. The summed E-state index contributed by atoms with van der Waals surface area (Å²) in [6.07, 6.45) is 2.54. The molecule has 18 heavy (non-hydrogen) atoms. The van der Waals surface area contributed by atoms with Crippen LogP contribution >= 0.6 is 47.2 Å². The Morgan fingerprint density at radius 1 is 1.17 bits per heavy atom. The highest BCUT2D eigenvalue weighted by Crippen LogP contribution is 2.40. The molecule has 102 valence electrons. The minimum absolute atomic E-state index is 0. The van der Waals surface area contributed by atoms with Crippen LogP contribution in [0.1, 0.15) is 30.9 Å². The van der Waals surface area contributed by atoms with Gasteiger partial charge < -0.3 is 10.8 Å². The predicted octanol–water partition coefficient (Wildman–Crippen LogP) is 4.23. The van der Waals surface area contributed by atoms with E-state index < -0.39 is 12.1 Å². The molecule has 1 aromatic rings. The van der Waals surface area contributed by atoms with Gasteiger partial charge in [-0.15, -0.1) is 12.4 Å². The maximum Gasteiger partial charge on any atom is 0.0761 e. The standard InChI is InChI=1S/C12H14Cl3NO.ClH/c13-7-4-5-8(14)10(15)9(7)11(16)12(17)6-2-1-3-6;/h4-6,11-12,17H,1-3,16H2;1H/t11-,12+;/m0./s1. The number of hydrogen-bond donors (Lipinski definition) is 2. The Balaban J connectivity index is 0.00000162. The first-order valence-electron chi connectivity index (χ1n) is 5.59. The number of benzene rings is 1. The number of aliphatic hydroxyl groups excluding tert-OH is 1. The van der Waals surface area contributed by atoms with Crippen molar-refractivity contribution in [2.75, 3.05) is 0 Å². The molecule has 6 heteroatoms. The van der Waals surface area contributed by atoms with Gasteiger partial charge in [-0.05, 0) is 30.9 Å². The minimum atomic E-state index is -0.614. The van der Waals surface area contributed by atoms with Gasteiger partial charge in [0.05, 0.1) is 22.2 Å². The van der Waals surface area contributed by atoms with Gasteiger partial charge in [-0.1, -0.05) is 41.2 Å². The van der Waals surface area contributed by atoms with E-state index in [1.165, 1.54) is 0 Å². The molecule has 1 saturated carbocycles. The molecule has 0 heterocycles. The summed E-state index contributed by atoms with van der Waals surface area (Å²) in [5, 5.41) is 11.3. The van der Waals surface area contributed by atoms with Crippen molar-refractivity contribution in [1.82, 2.24) is 0 Å². The first kappa shape index (κ1) is 16.4. The number of halogens is 4. The quantitative estimate of drug-likeness (QED) is 0.815. The van der Waals surface area contributed by atoms with Crippen LogP contribution in [0.5, 0.6) is 0 Å². The van der Waals surface area contributed by atoms with Gasteiger partial charge in [0.25, 0.3) is 0 Å². The summed E-state index contributed by atoms with van der Waals surface area (Å²) in [6, 6.07) is 2.69. The Hall–Kier alpha value is 0.300. The molecular formula is C12H15Cl4NO. The number of hydrogen-bond acceptors (Lipinski definition) is 2. The van der Waals surface area contributed by atoms with Gasteiger partial charge in [-0.25, -0.2) is 0 Å². The molecule has 2 atom stereocenters. The van der Waals surface area contributed by atoms with Gasteiger partial charge in [0, 0.05) is 10.6 Å². The van der Waals surface area contributed by atoms with E-state index in [-0.39, 0.29) is 18.3 Å². The zero-order valence-electron chi connectivity index (χ0n) is 9.57. The van der Waals surface area contributed by atoms with Crippen LogP contribution in [-0.4, -0.2) is 11.2 Å². The van der Waals surface area contributed by atoms with Crippen LogP contribution < -0.4 is 5.73 Å². The van der Waals surface area contributed by atoms with Crippen LogP contribution in [0.2, 0.25) is 15.1 Å². The fraction of sp³-hybridized carbons (Fsp3) is 0.500. The van der Waals surface area contributed by atoms with Crippen LogP contribution in [0.15, 0.2) is 12.1 Å². The van der Waals surface area contributed by atoms with Crippen molar-refractivity contribution in [3.05, 3.63) is 32.8 Å². The van der Waals surface area contributed by atoms with E-state index >= 15 is 0 Å². The lowest BCUT2D eigenvalue weighted by Crippen LogP contribution is -2.36. The summed E-state index contributed by atoms with van der Waals surface area (Å²) < 4.78 is 0. The van der Waals surface area contributed by atoms with Gasteiger partial charge in [-0.2, -0.15) is 0 Å². The summed E-state index contributed by atoms with van der Waals surface area (Å²) in [6.45, 7) is 0. The Morgan fingerprint density at radius 2 is 1.72 bits per heavy atom. The van der Waals surface area contributed by atoms with Crippen LogP contribution in [-0.2, 0) is 0 Å². The SMILES string of the molecule is Cl.N[C@@H](c1c(Cl)ccc(Cl)c1Cl)[C@H](O)C1CCC1. The molecule has 0 amide bonds. The molecule has 0 radical (unpaired) electrons. The molecule has 1 aromatic carbocycles. The van der Waals surface area contributed by atoms with Crippen molar-refractivity contribution in [2.45, 2.75) is 31.4 Å². The molecule has 1 fully saturated rings. The Labute approximate surface area is 128 Å². The molecule has 1 aliphatic carbocycles.